The lowest BCUT2D eigenvalue weighted by Gasteiger charge is -2.01. The number of Topliss-reactive ketones (excluding diaryl/α,β-unsaturated/α-hetero) is 1. The second-order valence-corrected chi connectivity index (χ2v) is 5.60. The quantitative estimate of drug-likeness (QED) is 0.589. The van der Waals surface area contributed by atoms with Crippen molar-refractivity contribution in [3.8, 4) is 0 Å². The Balaban J connectivity index is 2.19. The highest BCUT2D eigenvalue weighted by Gasteiger charge is 2.06. The molecule has 0 unspecified atom stereocenters. The van der Waals surface area contributed by atoms with Gasteiger partial charge in [0.05, 0.1) is 4.88 Å². The Kier molecular flexibility index (Phi) is 5.98. The summed E-state index contributed by atoms with van der Waals surface area (Å²) in [5.41, 5.74) is 0. The molecule has 1 rings (SSSR count). The van der Waals surface area contributed by atoms with E-state index in [0.29, 0.717) is 6.42 Å². The van der Waals surface area contributed by atoms with E-state index in [9.17, 15) is 4.79 Å². The predicted molar refractivity (Wildman–Crippen MR) is 69.3 cm³/mol. The van der Waals surface area contributed by atoms with Crippen molar-refractivity contribution in [2.45, 2.75) is 13.3 Å². The van der Waals surface area contributed by atoms with Crippen molar-refractivity contribution in [2.75, 3.05) is 25.1 Å². The van der Waals surface area contributed by atoms with Crippen molar-refractivity contribution < 1.29 is 4.79 Å². The van der Waals surface area contributed by atoms with Gasteiger partial charge in [0.25, 0.3) is 0 Å². The smallest absolute Gasteiger partial charge is 0.174 e. The molecule has 1 heterocycles. The van der Waals surface area contributed by atoms with Crippen LogP contribution in [-0.2, 0) is 0 Å². The van der Waals surface area contributed by atoms with Crippen molar-refractivity contribution in [1.29, 1.82) is 0 Å². The first-order valence-corrected chi connectivity index (χ1v) is 7.24. The molecule has 0 radical (unpaired) electrons. The Morgan fingerprint density at radius 3 is 2.87 bits per heavy atom. The average molecular weight is 243 g/mol. The van der Waals surface area contributed by atoms with Crippen LogP contribution in [0.5, 0.6) is 0 Å². The number of carbonyl (C=O) groups excluding carboxylic acids is 1. The normalized spacial score (nSPS) is 10.5. The second-order valence-electron chi connectivity index (χ2n) is 3.33. The topological polar surface area (TPSA) is 29.1 Å². The minimum Gasteiger partial charge on any atom is -0.315 e. The van der Waals surface area contributed by atoms with Gasteiger partial charge in [-0.25, -0.2) is 0 Å². The number of aryl methyl sites for hydroxylation is 1. The summed E-state index contributed by atoms with van der Waals surface area (Å²) in [5, 5.41) is 3.26. The summed E-state index contributed by atoms with van der Waals surface area (Å²) in [7, 11) is 0. The molecule has 1 N–H and O–H groups in total. The van der Waals surface area contributed by atoms with Crippen molar-refractivity contribution >= 4 is 28.9 Å². The van der Waals surface area contributed by atoms with Gasteiger partial charge in [0, 0.05) is 30.1 Å². The Morgan fingerprint density at radius 1 is 1.47 bits per heavy atom. The standard InChI is InChI=1S/C11H17NOS2/c1-9-3-4-11(15-9)10(13)5-6-12-7-8-14-2/h3-4,12H,5-8H2,1-2H3. The highest BCUT2D eigenvalue weighted by atomic mass is 32.2. The van der Waals surface area contributed by atoms with Gasteiger partial charge in [-0.2, -0.15) is 11.8 Å². The van der Waals surface area contributed by atoms with Crippen molar-refractivity contribution in [3.05, 3.63) is 21.9 Å². The number of thioether (sulfide) groups is 1. The molecule has 0 bridgehead atoms. The maximum atomic E-state index is 11.7. The third kappa shape index (κ3) is 4.82. The van der Waals surface area contributed by atoms with E-state index in [4.69, 9.17) is 0 Å². The first-order chi connectivity index (χ1) is 7.24. The summed E-state index contributed by atoms with van der Waals surface area (Å²) in [5.74, 6) is 1.36. The molecule has 0 fully saturated rings. The molecule has 1 aromatic heterocycles. The number of thiophene rings is 1. The van der Waals surface area contributed by atoms with E-state index in [0.717, 1.165) is 23.7 Å². The summed E-state index contributed by atoms with van der Waals surface area (Å²) in [6, 6.07) is 3.92. The highest BCUT2D eigenvalue weighted by molar-refractivity contribution is 7.98. The van der Waals surface area contributed by atoms with E-state index < -0.39 is 0 Å². The number of rotatable bonds is 7. The number of ketones is 1. The number of carbonyl (C=O) groups is 1. The molecule has 0 aliphatic rings. The molecule has 0 saturated heterocycles. The van der Waals surface area contributed by atoms with Crippen LogP contribution in [0.2, 0.25) is 0 Å². The van der Waals surface area contributed by atoms with Crippen LogP contribution < -0.4 is 5.32 Å². The Bertz CT molecular complexity index is 309. The first-order valence-electron chi connectivity index (χ1n) is 5.03. The molecule has 0 saturated carbocycles. The molecule has 0 atom stereocenters. The van der Waals surface area contributed by atoms with Gasteiger partial charge in [0.2, 0.25) is 0 Å². The highest BCUT2D eigenvalue weighted by Crippen LogP contribution is 2.16. The van der Waals surface area contributed by atoms with Gasteiger partial charge in [0.1, 0.15) is 0 Å². The van der Waals surface area contributed by atoms with E-state index in [1.165, 1.54) is 4.88 Å². The van der Waals surface area contributed by atoms with Crippen LogP contribution in [0.1, 0.15) is 21.0 Å². The summed E-state index contributed by atoms with van der Waals surface area (Å²) in [6.45, 7) is 3.80. The molecule has 0 aliphatic heterocycles. The lowest BCUT2D eigenvalue weighted by atomic mass is 10.2. The number of hydrogen-bond donors (Lipinski definition) is 1. The molecule has 0 aliphatic carbocycles. The number of nitrogens with one attached hydrogen (secondary N) is 1. The molecule has 84 valence electrons. The SMILES string of the molecule is CSCCNCCC(=O)c1ccc(C)s1. The van der Waals surface area contributed by atoms with Crippen LogP contribution in [0.25, 0.3) is 0 Å². The van der Waals surface area contributed by atoms with Gasteiger partial charge in [-0.1, -0.05) is 0 Å². The predicted octanol–water partition coefficient (Wildman–Crippen LogP) is 2.58. The lowest BCUT2D eigenvalue weighted by molar-refractivity contribution is 0.0986. The molecule has 4 heteroatoms. The van der Waals surface area contributed by atoms with Crippen LogP contribution >= 0.6 is 23.1 Å². The fourth-order valence-electron chi connectivity index (χ4n) is 1.21. The summed E-state index contributed by atoms with van der Waals surface area (Å²) < 4.78 is 0. The van der Waals surface area contributed by atoms with Gasteiger partial charge in [-0.15, -0.1) is 11.3 Å². The minimum absolute atomic E-state index is 0.254. The zero-order valence-corrected chi connectivity index (χ0v) is 10.8. The van der Waals surface area contributed by atoms with Crippen LogP contribution in [-0.4, -0.2) is 30.9 Å². The molecular weight excluding hydrogens is 226 g/mol. The second kappa shape index (κ2) is 7.04. The fraction of sp³-hybridized carbons (Fsp3) is 0.545. The van der Waals surface area contributed by atoms with Gasteiger partial charge in [-0.05, 0) is 25.3 Å². The Morgan fingerprint density at radius 2 is 2.27 bits per heavy atom. The van der Waals surface area contributed by atoms with Crippen molar-refractivity contribution in [2.24, 2.45) is 0 Å². The monoisotopic (exact) mass is 243 g/mol. The molecular formula is C11H17NOS2. The van der Waals surface area contributed by atoms with E-state index in [1.54, 1.807) is 11.3 Å². The van der Waals surface area contributed by atoms with Crippen molar-refractivity contribution in [1.82, 2.24) is 5.32 Å². The third-order valence-corrected chi connectivity index (χ3v) is 3.68. The van der Waals surface area contributed by atoms with Crippen molar-refractivity contribution in [3.63, 3.8) is 0 Å². The van der Waals surface area contributed by atoms with E-state index in [1.807, 2.05) is 30.8 Å². The van der Waals surface area contributed by atoms with Crippen LogP contribution in [0, 0.1) is 6.92 Å². The Hall–Kier alpha value is -0.320. The molecule has 0 aromatic carbocycles. The molecule has 2 nitrogen and oxygen atoms in total. The Labute approximate surface area is 99.5 Å². The molecule has 0 spiro atoms. The van der Waals surface area contributed by atoms with Crippen LogP contribution in [0.3, 0.4) is 0 Å². The minimum atomic E-state index is 0.254. The third-order valence-electron chi connectivity index (χ3n) is 2.03. The van der Waals surface area contributed by atoms with E-state index in [-0.39, 0.29) is 5.78 Å². The van der Waals surface area contributed by atoms with E-state index in [2.05, 4.69) is 11.6 Å². The van der Waals surface area contributed by atoms with Gasteiger partial charge >= 0.3 is 0 Å². The zero-order valence-electron chi connectivity index (χ0n) is 9.21. The first kappa shape index (κ1) is 12.7. The summed E-state index contributed by atoms with van der Waals surface area (Å²) >= 11 is 3.40. The van der Waals surface area contributed by atoms with Crippen LogP contribution in [0.4, 0.5) is 0 Å². The van der Waals surface area contributed by atoms with Crippen LogP contribution in [0.15, 0.2) is 12.1 Å². The van der Waals surface area contributed by atoms with E-state index >= 15 is 0 Å². The summed E-state index contributed by atoms with van der Waals surface area (Å²) in [6.07, 6.45) is 2.69. The maximum absolute atomic E-state index is 11.7. The lowest BCUT2D eigenvalue weighted by Crippen LogP contribution is -2.20. The van der Waals surface area contributed by atoms with Gasteiger partial charge in [-0.3, -0.25) is 4.79 Å². The number of hydrogen-bond acceptors (Lipinski definition) is 4. The fourth-order valence-corrected chi connectivity index (χ4v) is 2.39. The average Bonchev–Trinajstić information content (AvgIpc) is 2.64. The molecule has 15 heavy (non-hydrogen) atoms. The zero-order chi connectivity index (χ0) is 11.1. The summed E-state index contributed by atoms with van der Waals surface area (Å²) in [4.78, 5) is 13.7. The molecule has 1 aromatic rings. The molecule has 0 amide bonds. The van der Waals surface area contributed by atoms with Gasteiger partial charge < -0.3 is 5.32 Å². The van der Waals surface area contributed by atoms with Gasteiger partial charge in [0.15, 0.2) is 5.78 Å². The maximum Gasteiger partial charge on any atom is 0.174 e. The largest absolute Gasteiger partial charge is 0.315 e.